The fourth-order valence-corrected chi connectivity index (χ4v) is 1.50. The highest BCUT2D eigenvalue weighted by molar-refractivity contribution is 5.41. The van der Waals surface area contributed by atoms with E-state index in [4.69, 9.17) is 6.57 Å². The van der Waals surface area contributed by atoms with E-state index < -0.39 is 0 Å². The summed E-state index contributed by atoms with van der Waals surface area (Å²) < 4.78 is 1.82. The largest absolute Gasteiger partial charge is 0.312 e. The molecule has 0 spiro atoms. The molecule has 0 radical (unpaired) electrons. The Morgan fingerprint density at radius 1 is 1.40 bits per heavy atom. The first-order chi connectivity index (χ1) is 7.31. The summed E-state index contributed by atoms with van der Waals surface area (Å²) in [5, 5.41) is 4.24. The summed E-state index contributed by atoms with van der Waals surface area (Å²) in [5.74, 6) is 0. The lowest BCUT2D eigenvalue weighted by atomic mass is 10.2. The maximum Gasteiger partial charge on any atom is 0.241 e. The molecule has 0 saturated carbocycles. The van der Waals surface area contributed by atoms with E-state index in [0.29, 0.717) is 6.54 Å². The van der Waals surface area contributed by atoms with Gasteiger partial charge in [-0.25, -0.2) is 11.3 Å². The molecule has 2 aromatic rings. The van der Waals surface area contributed by atoms with Gasteiger partial charge in [0, 0.05) is 6.20 Å². The van der Waals surface area contributed by atoms with Crippen molar-refractivity contribution in [3.05, 3.63) is 59.2 Å². The monoisotopic (exact) mass is 197 g/mol. The Bertz CT molecular complexity index is 506. The van der Waals surface area contributed by atoms with Crippen molar-refractivity contribution >= 4 is 0 Å². The number of aryl methyl sites for hydroxylation is 1. The molecule has 1 heterocycles. The topological polar surface area (TPSA) is 22.2 Å². The molecule has 0 unspecified atom stereocenters. The molecule has 3 nitrogen and oxygen atoms in total. The molecule has 0 N–H and O–H groups in total. The fraction of sp³-hybridized carbons (Fsp3) is 0.167. The van der Waals surface area contributed by atoms with Crippen LogP contribution in [-0.4, -0.2) is 9.78 Å². The van der Waals surface area contributed by atoms with Crippen LogP contribution in [0.4, 0.5) is 0 Å². The second-order valence-electron chi connectivity index (χ2n) is 3.41. The predicted molar refractivity (Wildman–Crippen MR) is 58.6 cm³/mol. The van der Waals surface area contributed by atoms with Crippen molar-refractivity contribution in [3.8, 4) is 5.69 Å². The minimum absolute atomic E-state index is 0.398. The SMILES string of the molecule is [C-]#[N+]Cc1ccccc1-n1cc(C)cn1. The molecule has 0 amide bonds. The fourth-order valence-electron chi connectivity index (χ4n) is 1.50. The Morgan fingerprint density at radius 3 is 2.87 bits per heavy atom. The Labute approximate surface area is 88.8 Å². The minimum atomic E-state index is 0.398. The molecule has 1 aromatic heterocycles. The Hall–Kier alpha value is -2.08. The van der Waals surface area contributed by atoms with E-state index in [1.807, 2.05) is 48.3 Å². The van der Waals surface area contributed by atoms with Gasteiger partial charge in [0.1, 0.15) is 0 Å². The summed E-state index contributed by atoms with van der Waals surface area (Å²) in [7, 11) is 0. The van der Waals surface area contributed by atoms with Gasteiger partial charge in [0.15, 0.2) is 0 Å². The molecule has 0 saturated heterocycles. The van der Waals surface area contributed by atoms with Gasteiger partial charge in [0.2, 0.25) is 6.54 Å². The summed E-state index contributed by atoms with van der Waals surface area (Å²) in [4.78, 5) is 3.41. The maximum atomic E-state index is 6.90. The van der Waals surface area contributed by atoms with Gasteiger partial charge in [-0.1, -0.05) is 12.1 Å². The normalized spacial score (nSPS) is 9.87. The molecular weight excluding hydrogens is 186 g/mol. The van der Waals surface area contributed by atoms with E-state index in [9.17, 15) is 0 Å². The molecule has 2 rings (SSSR count). The summed E-state index contributed by atoms with van der Waals surface area (Å²) in [6.45, 7) is 9.30. The minimum Gasteiger partial charge on any atom is -0.312 e. The Kier molecular flexibility index (Phi) is 2.51. The van der Waals surface area contributed by atoms with Crippen LogP contribution >= 0.6 is 0 Å². The zero-order valence-electron chi connectivity index (χ0n) is 8.51. The van der Waals surface area contributed by atoms with Crippen LogP contribution in [0.1, 0.15) is 11.1 Å². The van der Waals surface area contributed by atoms with E-state index in [1.165, 1.54) is 0 Å². The third-order valence-corrected chi connectivity index (χ3v) is 2.20. The first kappa shape index (κ1) is 9.47. The van der Waals surface area contributed by atoms with Crippen LogP contribution < -0.4 is 0 Å². The average Bonchev–Trinajstić information content (AvgIpc) is 2.66. The number of nitrogens with zero attached hydrogens (tertiary/aromatic N) is 3. The van der Waals surface area contributed by atoms with E-state index in [-0.39, 0.29) is 0 Å². The highest BCUT2D eigenvalue weighted by Gasteiger charge is 2.06. The van der Waals surface area contributed by atoms with Crippen molar-refractivity contribution in [2.45, 2.75) is 13.5 Å². The Balaban J connectivity index is 2.48. The van der Waals surface area contributed by atoms with E-state index >= 15 is 0 Å². The molecule has 3 heteroatoms. The summed E-state index contributed by atoms with van der Waals surface area (Å²) in [6, 6.07) is 7.84. The van der Waals surface area contributed by atoms with Crippen molar-refractivity contribution in [1.29, 1.82) is 0 Å². The van der Waals surface area contributed by atoms with E-state index in [2.05, 4.69) is 9.94 Å². The molecule has 0 bridgehead atoms. The lowest BCUT2D eigenvalue weighted by Gasteiger charge is -2.04. The number of benzene rings is 1. The Morgan fingerprint density at radius 2 is 2.20 bits per heavy atom. The van der Waals surface area contributed by atoms with E-state index in [0.717, 1.165) is 16.8 Å². The van der Waals surface area contributed by atoms with Crippen molar-refractivity contribution in [1.82, 2.24) is 9.78 Å². The number of hydrogen-bond donors (Lipinski definition) is 0. The third-order valence-electron chi connectivity index (χ3n) is 2.20. The van der Waals surface area contributed by atoms with Gasteiger partial charge in [-0.05, 0) is 24.6 Å². The molecule has 0 aliphatic heterocycles. The van der Waals surface area contributed by atoms with Crippen LogP contribution in [0, 0.1) is 13.5 Å². The summed E-state index contributed by atoms with van der Waals surface area (Å²) in [5.41, 5.74) is 3.12. The second kappa shape index (κ2) is 3.97. The van der Waals surface area contributed by atoms with Gasteiger partial charge in [-0.15, -0.1) is 0 Å². The second-order valence-corrected chi connectivity index (χ2v) is 3.41. The molecule has 0 aliphatic carbocycles. The van der Waals surface area contributed by atoms with Gasteiger partial charge < -0.3 is 4.85 Å². The maximum absolute atomic E-state index is 6.90. The van der Waals surface area contributed by atoms with Crippen LogP contribution in [-0.2, 0) is 6.54 Å². The first-order valence-corrected chi connectivity index (χ1v) is 4.74. The highest BCUT2D eigenvalue weighted by atomic mass is 15.3. The zero-order valence-corrected chi connectivity index (χ0v) is 8.51. The quantitative estimate of drug-likeness (QED) is 0.678. The standard InChI is InChI=1S/C12H11N3/c1-10-7-14-15(9-10)12-6-4-3-5-11(12)8-13-2/h3-7,9H,8H2,1H3. The lowest BCUT2D eigenvalue weighted by molar-refractivity contribution is 0.867. The van der Waals surface area contributed by atoms with Crippen LogP contribution in [0.3, 0.4) is 0 Å². The van der Waals surface area contributed by atoms with Crippen molar-refractivity contribution in [3.63, 3.8) is 0 Å². The smallest absolute Gasteiger partial charge is 0.241 e. The lowest BCUT2D eigenvalue weighted by Crippen LogP contribution is -1.98. The molecule has 74 valence electrons. The van der Waals surface area contributed by atoms with Crippen LogP contribution in [0.25, 0.3) is 10.5 Å². The van der Waals surface area contributed by atoms with Crippen molar-refractivity contribution in [2.24, 2.45) is 0 Å². The first-order valence-electron chi connectivity index (χ1n) is 4.74. The molecule has 0 atom stereocenters. The van der Waals surface area contributed by atoms with E-state index in [1.54, 1.807) is 0 Å². The molecular formula is C12H11N3. The van der Waals surface area contributed by atoms with Gasteiger partial charge >= 0.3 is 0 Å². The molecule has 1 aromatic carbocycles. The summed E-state index contributed by atoms with van der Waals surface area (Å²) in [6.07, 6.45) is 3.78. The summed E-state index contributed by atoms with van der Waals surface area (Å²) >= 11 is 0. The number of rotatable bonds is 2. The van der Waals surface area contributed by atoms with Crippen LogP contribution in [0.5, 0.6) is 0 Å². The third kappa shape index (κ3) is 1.89. The van der Waals surface area contributed by atoms with Gasteiger partial charge in [-0.2, -0.15) is 5.10 Å². The zero-order chi connectivity index (χ0) is 10.7. The molecule has 15 heavy (non-hydrogen) atoms. The van der Waals surface area contributed by atoms with Crippen LogP contribution in [0.2, 0.25) is 0 Å². The van der Waals surface area contributed by atoms with Crippen molar-refractivity contribution < 1.29 is 0 Å². The van der Waals surface area contributed by atoms with Crippen LogP contribution in [0.15, 0.2) is 36.7 Å². The number of hydrogen-bond acceptors (Lipinski definition) is 1. The van der Waals surface area contributed by atoms with Gasteiger partial charge in [0.25, 0.3) is 0 Å². The number of aromatic nitrogens is 2. The molecule has 0 aliphatic rings. The number of para-hydroxylation sites is 1. The predicted octanol–water partition coefficient (Wildman–Crippen LogP) is 2.60. The average molecular weight is 197 g/mol. The molecule has 0 fully saturated rings. The van der Waals surface area contributed by atoms with Gasteiger partial charge in [0.05, 0.1) is 17.4 Å². The highest BCUT2D eigenvalue weighted by Crippen LogP contribution is 2.15. The van der Waals surface area contributed by atoms with Crippen molar-refractivity contribution in [2.75, 3.05) is 0 Å². The van der Waals surface area contributed by atoms with Gasteiger partial charge in [-0.3, -0.25) is 0 Å².